The number of carbonyl (C=O) groups is 2. The van der Waals surface area contributed by atoms with Crippen LogP contribution in [-0.2, 0) is 22.4 Å². The molecule has 0 bridgehead atoms. The lowest BCUT2D eigenvalue weighted by Crippen LogP contribution is -2.49. The van der Waals surface area contributed by atoms with Gasteiger partial charge in [0.2, 0.25) is 18.6 Å². The first-order chi connectivity index (χ1) is 14.1. The minimum Gasteiger partial charge on any atom is -0.454 e. The van der Waals surface area contributed by atoms with Gasteiger partial charge in [0.05, 0.1) is 0 Å². The summed E-state index contributed by atoms with van der Waals surface area (Å²) in [6, 6.07) is 15.3. The molecule has 0 saturated carbocycles. The van der Waals surface area contributed by atoms with Crippen molar-refractivity contribution < 1.29 is 19.1 Å². The molecule has 3 rings (SSSR count). The van der Waals surface area contributed by atoms with Crippen LogP contribution >= 0.6 is 0 Å². The number of ether oxygens (including phenoxy) is 2. The van der Waals surface area contributed by atoms with Crippen LogP contribution in [0.2, 0.25) is 0 Å². The Bertz CT molecular complexity index is 838. The van der Waals surface area contributed by atoms with Crippen molar-refractivity contribution >= 4 is 11.8 Å². The van der Waals surface area contributed by atoms with Crippen LogP contribution in [0.25, 0.3) is 0 Å². The van der Waals surface area contributed by atoms with Gasteiger partial charge in [0.1, 0.15) is 6.04 Å². The Morgan fingerprint density at radius 2 is 1.79 bits per heavy atom. The lowest BCUT2D eigenvalue weighted by Gasteiger charge is -2.30. The van der Waals surface area contributed by atoms with Gasteiger partial charge in [0, 0.05) is 20.0 Å². The second-order valence-corrected chi connectivity index (χ2v) is 7.05. The molecule has 6 nitrogen and oxygen atoms in total. The van der Waals surface area contributed by atoms with Gasteiger partial charge in [-0.3, -0.25) is 9.59 Å². The molecule has 0 saturated heterocycles. The molecular weight excluding hydrogens is 368 g/mol. The second kappa shape index (κ2) is 9.96. The first-order valence-electron chi connectivity index (χ1n) is 10.1. The fourth-order valence-electron chi connectivity index (χ4n) is 3.55. The van der Waals surface area contributed by atoms with E-state index in [1.54, 1.807) is 11.9 Å². The van der Waals surface area contributed by atoms with E-state index in [0.29, 0.717) is 38.0 Å². The molecule has 0 spiro atoms. The van der Waals surface area contributed by atoms with Crippen molar-refractivity contribution in [3.63, 3.8) is 0 Å². The van der Waals surface area contributed by atoms with Crippen molar-refractivity contribution in [2.24, 2.45) is 0 Å². The number of nitrogens with one attached hydrogen (secondary N) is 1. The molecule has 1 atom stereocenters. The molecule has 0 unspecified atom stereocenters. The molecular formula is C23H28N2O4. The van der Waals surface area contributed by atoms with E-state index in [1.165, 1.54) is 0 Å². The highest BCUT2D eigenvalue weighted by atomic mass is 16.7. The van der Waals surface area contributed by atoms with Crippen LogP contribution in [0.4, 0.5) is 0 Å². The average molecular weight is 396 g/mol. The van der Waals surface area contributed by atoms with E-state index in [-0.39, 0.29) is 18.6 Å². The summed E-state index contributed by atoms with van der Waals surface area (Å²) in [7, 11) is 1.61. The van der Waals surface area contributed by atoms with Crippen molar-refractivity contribution in [3.05, 3.63) is 59.7 Å². The second-order valence-electron chi connectivity index (χ2n) is 7.05. The maximum Gasteiger partial charge on any atom is 0.242 e. The number of likely N-dealkylation sites (N-methyl/N-ethyl adjacent to an activating group) is 1. The van der Waals surface area contributed by atoms with Gasteiger partial charge >= 0.3 is 0 Å². The van der Waals surface area contributed by atoms with Gasteiger partial charge in [-0.15, -0.1) is 0 Å². The third kappa shape index (κ3) is 5.28. The van der Waals surface area contributed by atoms with Gasteiger partial charge in [0.25, 0.3) is 0 Å². The maximum atomic E-state index is 13.1. The molecule has 1 aliphatic rings. The molecule has 29 heavy (non-hydrogen) atoms. The Hall–Kier alpha value is -3.02. The van der Waals surface area contributed by atoms with Crippen molar-refractivity contribution in [2.45, 2.75) is 38.6 Å². The van der Waals surface area contributed by atoms with Crippen LogP contribution in [0.3, 0.4) is 0 Å². The molecule has 154 valence electrons. The van der Waals surface area contributed by atoms with Gasteiger partial charge < -0.3 is 19.7 Å². The van der Waals surface area contributed by atoms with Gasteiger partial charge in [-0.1, -0.05) is 43.3 Å². The number of nitrogens with zero attached hydrogens (tertiary/aromatic N) is 1. The van der Waals surface area contributed by atoms with E-state index in [1.807, 2.05) is 55.5 Å². The first-order valence-corrected chi connectivity index (χ1v) is 10.1. The largest absolute Gasteiger partial charge is 0.454 e. The number of hydrogen-bond donors (Lipinski definition) is 1. The Balaban J connectivity index is 1.67. The van der Waals surface area contributed by atoms with E-state index in [2.05, 4.69) is 5.32 Å². The highest BCUT2D eigenvalue weighted by Crippen LogP contribution is 2.32. The Morgan fingerprint density at radius 3 is 2.52 bits per heavy atom. The van der Waals surface area contributed by atoms with Crippen molar-refractivity contribution in [2.75, 3.05) is 20.4 Å². The van der Waals surface area contributed by atoms with Crippen LogP contribution in [0, 0.1) is 0 Å². The minimum absolute atomic E-state index is 0.0194. The van der Waals surface area contributed by atoms with E-state index in [9.17, 15) is 9.59 Å². The van der Waals surface area contributed by atoms with Crippen molar-refractivity contribution in [1.82, 2.24) is 10.2 Å². The number of hydrogen-bond acceptors (Lipinski definition) is 4. The highest BCUT2D eigenvalue weighted by molar-refractivity contribution is 5.87. The standard InChI is InChI=1S/C23H28N2O4/c1-3-19(23(27)24-2)25(14-13-17-7-5-4-6-8-17)22(26)12-10-18-9-11-20-21(15-18)29-16-28-20/h4-9,11,15,19H,3,10,12-14,16H2,1-2H3,(H,24,27)/t19-/m0/s1. The molecule has 0 radical (unpaired) electrons. The summed E-state index contributed by atoms with van der Waals surface area (Å²) < 4.78 is 10.7. The lowest BCUT2D eigenvalue weighted by atomic mass is 10.1. The minimum atomic E-state index is -0.465. The van der Waals surface area contributed by atoms with E-state index >= 15 is 0 Å². The number of carbonyl (C=O) groups excluding carboxylic acids is 2. The van der Waals surface area contributed by atoms with Crippen LogP contribution in [0.1, 0.15) is 30.9 Å². The molecule has 0 fully saturated rings. The fourth-order valence-corrected chi connectivity index (χ4v) is 3.55. The number of aryl methyl sites for hydroxylation is 1. The molecule has 0 aromatic heterocycles. The Kier molecular flexibility index (Phi) is 7.11. The Morgan fingerprint density at radius 1 is 1.03 bits per heavy atom. The van der Waals surface area contributed by atoms with Crippen molar-refractivity contribution in [3.8, 4) is 11.5 Å². The highest BCUT2D eigenvalue weighted by Gasteiger charge is 2.27. The summed E-state index contributed by atoms with van der Waals surface area (Å²) in [4.78, 5) is 27.2. The third-order valence-corrected chi connectivity index (χ3v) is 5.18. The van der Waals surface area contributed by atoms with Crippen LogP contribution < -0.4 is 14.8 Å². The quantitative estimate of drug-likeness (QED) is 0.708. The molecule has 2 amide bonds. The number of amides is 2. The zero-order valence-electron chi connectivity index (χ0n) is 17.0. The molecule has 1 aliphatic heterocycles. The molecule has 2 aromatic rings. The third-order valence-electron chi connectivity index (χ3n) is 5.18. The van der Waals surface area contributed by atoms with Crippen LogP contribution in [0.15, 0.2) is 48.5 Å². The predicted molar refractivity (Wildman–Crippen MR) is 111 cm³/mol. The number of rotatable bonds is 9. The lowest BCUT2D eigenvalue weighted by molar-refractivity contribution is -0.140. The maximum absolute atomic E-state index is 13.1. The average Bonchev–Trinajstić information content (AvgIpc) is 3.23. The summed E-state index contributed by atoms with van der Waals surface area (Å²) >= 11 is 0. The molecule has 0 aliphatic carbocycles. The molecule has 1 N–H and O–H groups in total. The smallest absolute Gasteiger partial charge is 0.242 e. The number of benzene rings is 2. The van der Waals surface area contributed by atoms with Gasteiger partial charge in [0.15, 0.2) is 11.5 Å². The van der Waals surface area contributed by atoms with Crippen LogP contribution in [-0.4, -0.2) is 43.1 Å². The summed E-state index contributed by atoms with van der Waals surface area (Å²) in [5.74, 6) is 1.30. The van der Waals surface area contributed by atoms with Gasteiger partial charge in [-0.05, 0) is 42.5 Å². The van der Waals surface area contributed by atoms with Crippen LogP contribution in [0.5, 0.6) is 11.5 Å². The van der Waals surface area contributed by atoms with Gasteiger partial charge in [-0.25, -0.2) is 0 Å². The zero-order chi connectivity index (χ0) is 20.6. The topological polar surface area (TPSA) is 67.9 Å². The Labute approximate surface area is 171 Å². The first kappa shape index (κ1) is 20.7. The summed E-state index contributed by atoms with van der Waals surface area (Å²) in [6.45, 7) is 2.67. The normalized spacial score (nSPS) is 13.0. The van der Waals surface area contributed by atoms with E-state index in [0.717, 1.165) is 16.9 Å². The summed E-state index contributed by atoms with van der Waals surface area (Å²) in [5.41, 5.74) is 2.16. The summed E-state index contributed by atoms with van der Waals surface area (Å²) in [6.07, 6.45) is 2.21. The predicted octanol–water partition coefficient (Wildman–Crippen LogP) is 2.94. The zero-order valence-corrected chi connectivity index (χ0v) is 17.0. The number of fused-ring (bicyclic) bond motifs is 1. The molecule has 1 heterocycles. The van der Waals surface area contributed by atoms with Crippen molar-refractivity contribution in [1.29, 1.82) is 0 Å². The fraction of sp³-hybridized carbons (Fsp3) is 0.391. The summed E-state index contributed by atoms with van der Waals surface area (Å²) in [5, 5.41) is 2.69. The van der Waals surface area contributed by atoms with E-state index < -0.39 is 6.04 Å². The van der Waals surface area contributed by atoms with Gasteiger partial charge in [-0.2, -0.15) is 0 Å². The SMILES string of the molecule is CC[C@@H](C(=O)NC)N(CCc1ccccc1)C(=O)CCc1ccc2c(c1)OCO2. The molecule has 2 aromatic carbocycles. The molecule has 6 heteroatoms. The monoisotopic (exact) mass is 396 g/mol. The van der Waals surface area contributed by atoms with E-state index in [4.69, 9.17) is 9.47 Å².